The molecule has 8 nitrogen and oxygen atoms in total. The predicted molar refractivity (Wildman–Crippen MR) is 84.2 cm³/mol. The van der Waals surface area contributed by atoms with Gasteiger partial charge in [-0.3, -0.25) is 0 Å². The molecule has 8 heteroatoms. The quantitative estimate of drug-likeness (QED) is 0.701. The lowest BCUT2D eigenvalue weighted by molar-refractivity contribution is -0.544. The van der Waals surface area contributed by atoms with E-state index in [9.17, 15) is 0 Å². The van der Waals surface area contributed by atoms with E-state index < -0.39 is 0 Å². The Morgan fingerprint density at radius 3 is 2.83 bits per heavy atom. The molecular weight excluding hydrogens is 294 g/mol. The molecule has 1 unspecified atom stereocenters. The second-order valence-electron chi connectivity index (χ2n) is 5.73. The Bertz CT molecular complexity index is 944. The van der Waals surface area contributed by atoms with Crippen LogP contribution in [0.1, 0.15) is 31.0 Å². The lowest BCUT2D eigenvalue weighted by Crippen LogP contribution is -2.12. The van der Waals surface area contributed by atoms with Crippen LogP contribution in [0.25, 0.3) is 11.1 Å². The van der Waals surface area contributed by atoms with Gasteiger partial charge < -0.3 is 15.9 Å². The minimum absolute atomic E-state index is 0.146. The second-order valence-corrected chi connectivity index (χ2v) is 5.73. The van der Waals surface area contributed by atoms with Crippen LogP contribution in [-0.2, 0) is 0 Å². The average molecular weight is 310 g/mol. The van der Waals surface area contributed by atoms with Crippen LogP contribution in [0, 0.1) is 0 Å². The first-order chi connectivity index (χ1) is 11.0. The first kappa shape index (κ1) is 13.6. The van der Waals surface area contributed by atoms with Crippen molar-refractivity contribution >= 4 is 28.8 Å². The zero-order valence-corrected chi connectivity index (χ0v) is 12.8. The minimum Gasteiger partial charge on any atom is -0.424 e. The van der Waals surface area contributed by atoms with Crippen LogP contribution in [0.4, 0.5) is 17.7 Å². The molecular formula is C15H16N7O+. The second kappa shape index (κ2) is 4.73. The van der Waals surface area contributed by atoms with Gasteiger partial charge in [0.2, 0.25) is 6.33 Å². The van der Waals surface area contributed by atoms with Crippen molar-refractivity contribution < 1.29 is 9.11 Å². The van der Waals surface area contributed by atoms with Crippen LogP contribution in [0.3, 0.4) is 0 Å². The molecule has 23 heavy (non-hydrogen) atoms. The summed E-state index contributed by atoms with van der Waals surface area (Å²) in [4.78, 5) is 12.6. The van der Waals surface area contributed by atoms with Gasteiger partial charge in [-0.2, -0.15) is 9.97 Å². The van der Waals surface area contributed by atoms with E-state index in [0.29, 0.717) is 16.9 Å². The van der Waals surface area contributed by atoms with Gasteiger partial charge in [0, 0.05) is 0 Å². The highest BCUT2D eigenvalue weighted by atomic mass is 16.4. The number of hydrogen-bond acceptors (Lipinski definition) is 7. The number of hydrogen-bond donors (Lipinski definition) is 2. The van der Waals surface area contributed by atoms with E-state index in [1.807, 2.05) is 22.9 Å². The maximum absolute atomic E-state index is 6.09. The average Bonchev–Trinajstić information content (AvgIpc) is 3.06. The predicted octanol–water partition coefficient (Wildman–Crippen LogP) is 2.39. The lowest BCUT2D eigenvalue weighted by Gasteiger charge is -2.06. The van der Waals surface area contributed by atoms with Crippen molar-refractivity contribution in [1.29, 1.82) is 0 Å². The van der Waals surface area contributed by atoms with E-state index in [1.54, 1.807) is 0 Å². The zero-order valence-electron chi connectivity index (χ0n) is 12.8. The fourth-order valence-corrected chi connectivity index (χ4v) is 2.82. The Labute approximate surface area is 131 Å². The third kappa shape index (κ3) is 2.02. The summed E-state index contributed by atoms with van der Waals surface area (Å²) < 4.78 is 7.19. The summed E-state index contributed by atoms with van der Waals surface area (Å²) in [5.41, 5.74) is 14.8. The third-order valence-corrected chi connectivity index (χ3v) is 3.86. The van der Waals surface area contributed by atoms with Crippen LogP contribution >= 0.6 is 0 Å². The molecule has 3 aromatic rings. The molecule has 0 bridgehead atoms. The maximum atomic E-state index is 6.09. The van der Waals surface area contributed by atoms with Crippen molar-refractivity contribution in [3.63, 3.8) is 0 Å². The molecule has 0 radical (unpaired) electrons. The largest absolute Gasteiger partial charge is 0.424 e. The Morgan fingerprint density at radius 1 is 1.22 bits per heavy atom. The molecule has 3 heterocycles. The van der Waals surface area contributed by atoms with Crippen molar-refractivity contribution in [2.45, 2.75) is 25.9 Å². The summed E-state index contributed by atoms with van der Waals surface area (Å²) >= 11 is 0. The molecule has 1 aromatic carbocycles. The topological polar surface area (TPSA) is 119 Å². The summed E-state index contributed by atoms with van der Waals surface area (Å²) in [5.74, 6) is 1.18. The van der Waals surface area contributed by atoms with Crippen LogP contribution in [0.15, 0.2) is 34.1 Å². The SMILES string of the molecule is CC(C)[N+]1=NC(c2ccc3oc(N)nc3c2)c2c(N)ncnc21. The van der Waals surface area contributed by atoms with Crippen molar-refractivity contribution in [1.82, 2.24) is 15.0 Å². The van der Waals surface area contributed by atoms with Crippen molar-refractivity contribution in [2.24, 2.45) is 5.11 Å². The first-order valence-electron chi connectivity index (χ1n) is 7.31. The van der Waals surface area contributed by atoms with E-state index in [0.717, 1.165) is 16.9 Å². The Hall–Kier alpha value is -3.03. The summed E-state index contributed by atoms with van der Waals surface area (Å²) in [6.45, 7) is 4.10. The third-order valence-electron chi connectivity index (χ3n) is 3.86. The van der Waals surface area contributed by atoms with Gasteiger partial charge in [0.25, 0.3) is 6.01 Å². The molecule has 0 aliphatic carbocycles. The number of aromatic nitrogens is 3. The number of oxazole rings is 1. The highest BCUT2D eigenvalue weighted by molar-refractivity contribution is 5.75. The molecule has 4 rings (SSSR count). The molecule has 0 amide bonds. The number of rotatable bonds is 2. The molecule has 0 saturated carbocycles. The number of nitrogens with zero attached hydrogens (tertiary/aromatic N) is 5. The molecule has 1 aliphatic rings. The van der Waals surface area contributed by atoms with E-state index in [-0.39, 0.29) is 18.1 Å². The number of benzene rings is 1. The summed E-state index contributed by atoms with van der Waals surface area (Å²) in [7, 11) is 0. The van der Waals surface area contributed by atoms with Gasteiger partial charge in [-0.15, -0.1) is 9.81 Å². The van der Waals surface area contributed by atoms with Crippen LogP contribution in [0.2, 0.25) is 0 Å². The maximum Gasteiger partial charge on any atom is 0.354 e. The highest BCUT2D eigenvalue weighted by Gasteiger charge is 2.38. The molecule has 0 saturated heterocycles. The van der Waals surface area contributed by atoms with Gasteiger partial charge in [-0.25, -0.2) is 0 Å². The Balaban J connectivity index is 1.90. The number of nitrogen functional groups attached to an aromatic ring is 2. The van der Waals surface area contributed by atoms with Crippen LogP contribution in [0.5, 0.6) is 0 Å². The van der Waals surface area contributed by atoms with Crippen molar-refractivity contribution in [3.05, 3.63) is 35.7 Å². The van der Waals surface area contributed by atoms with E-state index in [4.69, 9.17) is 21.0 Å². The molecule has 4 N–H and O–H groups in total. The monoisotopic (exact) mass is 310 g/mol. The first-order valence-corrected chi connectivity index (χ1v) is 7.31. The smallest absolute Gasteiger partial charge is 0.354 e. The molecule has 2 aromatic heterocycles. The normalized spacial score (nSPS) is 16.8. The zero-order chi connectivity index (χ0) is 16.1. The van der Waals surface area contributed by atoms with Crippen molar-refractivity contribution in [3.8, 4) is 0 Å². The molecule has 1 aliphatic heterocycles. The molecule has 1 atom stereocenters. The van der Waals surface area contributed by atoms with Gasteiger partial charge in [-0.1, -0.05) is 6.07 Å². The van der Waals surface area contributed by atoms with Gasteiger partial charge in [-0.05, 0) is 36.5 Å². The summed E-state index contributed by atoms with van der Waals surface area (Å²) in [6.07, 6.45) is 1.46. The van der Waals surface area contributed by atoms with Crippen LogP contribution in [-0.4, -0.2) is 25.7 Å². The fourth-order valence-electron chi connectivity index (χ4n) is 2.82. The molecule has 116 valence electrons. The van der Waals surface area contributed by atoms with E-state index in [1.165, 1.54) is 6.33 Å². The minimum atomic E-state index is -0.268. The number of azo groups is 2. The van der Waals surface area contributed by atoms with Gasteiger partial charge >= 0.3 is 5.82 Å². The number of nitrogens with two attached hydrogens (primary N) is 2. The molecule has 0 spiro atoms. The van der Waals surface area contributed by atoms with Gasteiger partial charge in [0.05, 0.1) is 0 Å². The standard InChI is InChI=1S/C15H16N7O/c1-7(2)22-14-11(13(16)18-6-19-14)12(21-22)8-3-4-10-9(5-8)20-15(17)23-10/h3-7,12H,1-2H3,(H2,17,20)(H2,16,18,19)/q+1. The van der Waals surface area contributed by atoms with Gasteiger partial charge in [0.15, 0.2) is 11.6 Å². The Kier molecular flexibility index (Phi) is 2.80. The number of fused-ring (bicyclic) bond motifs is 2. The number of anilines is 2. The van der Waals surface area contributed by atoms with E-state index >= 15 is 0 Å². The van der Waals surface area contributed by atoms with Crippen molar-refractivity contribution in [2.75, 3.05) is 11.5 Å². The van der Waals surface area contributed by atoms with Gasteiger partial charge in [0.1, 0.15) is 22.9 Å². The van der Waals surface area contributed by atoms with E-state index in [2.05, 4.69) is 28.8 Å². The fraction of sp³-hybridized carbons (Fsp3) is 0.267. The lowest BCUT2D eigenvalue weighted by atomic mass is 10.0. The van der Waals surface area contributed by atoms with Crippen LogP contribution < -0.4 is 11.5 Å². The summed E-state index contributed by atoms with van der Waals surface area (Å²) in [5, 5.41) is 4.76. The Morgan fingerprint density at radius 2 is 2.04 bits per heavy atom. The highest BCUT2D eigenvalue weighted by Crippen LogP contribution is 2.41. The molecule has 0 fully saturated rings. The summed E-state index contributed by atoms with van der Waals surface area (Å²) in [6, 6.07) is 5.72.